The van der Waals surface area contributed by atoms with Gasteiger partial charge in [-0.1, -0.05) is 29.8 Å². The molecule has 0 radical (unpaired) electrons. The lowest BCUT2D eigenvalue weighted by Gasteiger charge is -2.19. The molecule has 2 N–H and O–H groups in total. The number of nitrogens with one attached hydrogen (secondary N) is 2. The van der Waals surface area contributed by atoms with Crippen molar-refractivity contribution in [2.75, 3.05) is 20.7 Å². The lowest BCUT2D eigenvalue weighted by molar-refractivity contribution is 0.106. The minimum atomic E-state index is -0.0912. The number of methoxy groups -OCH3 is 1. The predicted octanol–water partition coefficient (Wildman–Crippen LogP) is 2.97. The van der Waals surface area contributed by atoms with Crippen LogP contribution >= 0.6 is 35.6 Å². The van der Waals surface area contributed by atoms with Crippen molar-refractivity contribution in [2.45, 2.75) is 25.0 Å². The van der Waals surface area contributed by atoms with Crippen molar-refractivity contribution in [3.8, 4) is 0 Å². The third kappa shape index (κ3) is 5.10. The van der Waals surface area contributed by atoms with Crippen LogP contribution in [0.4, 0.5) is 0 Å². The first kappa shape index (κ1) is 17.5. The number of benzene rings is 1. The first-order valence-corrected chi connectivity index (χ1v) is 6.86. The average Bonchev–Trinajstić information content (AvgIpc) is 3.23. The molecule has 1 aliphatic rings. The second kappa shape index (κ2) is 8.69. The molecule has 1 atom stereocenters. The van der Waals surface area contributed by atoms with Crippen molar-refractivity contribution in [3.05, 3.63) is 34.9 Å². The Kier molecular flexibility index (Phi) is 7.61. The number of rotatable bonds is 5. The summed E-state index contributed by atoms with van der Waals surface area (Å²) in [6.07, 6.45) is 2.35. The third-order valence-corrected chi connectivity index (χ3v) is 3.48. The highest BCUT2D eigenvalue weighted by molar-refractivity contribution is 14.0. The molecule has 1 unspecified atom stereocenters. The summed E-state index contributed by atoms with van der Waals surface area (Å²) >= 11 is 6.19. The van der Waals surface area contributed by atoms with Crippen LogP contribution in [0.1, 0.15) is 24.5 Å². The van der Waals surface area contributed by atoms with Gasteiger partial charge in [-0.05, 0) is 18.9 Å². The Morgan fingerprint density at radius 3 is 2.70 bits per heavy atom. The second-order valence-electron chi connectivity index (χ2n) is 4.62. The fourth-order valence-corrected chi connectivity index (χ4v) is 2.12. The minimum Gasteiger partial charge on any atom is -0.375 e. The zero-order valence-electron chi connectivity index (χ0n) is 11.7. The van der Waals surface area contributed by atoms with E-state index in [9.17, 15) is 0 Å². The van der Waals surface area contributed by atoms with Gasteiger partial charge in [0, 0.05) is 37.3 Å². The number of nitrogens with zero attached hydrogens (tertiary/aromatic N) is 1. The maximum atomic E-state index is 6.19. The summed E-state index contributed by atoms with van der Waals surface area (Å²) in [7, 11) is 3.46. The van der Waals surface area contributed by atoms with E-state index in [1.807, 2.05) is 24.3 Å². The van der Waals surface area contributed by atoms with Gasteiger partial charge in [-0.15, -0.1) is 24.0 Å². The van der Waals surface area contributed by atoms with E-state index in [1.165, 1.54) is 12.8 Å². The minimum absolute atomic E-state index is 0. The molecule has 0 aromatic heterocycles. The molecular formula is C14H21ClIN3O. The smallest absolute Gasteiger partial charge is 0.191 e. The zero-order chi connectivity index (χ0) is 13.7. The Morgan fingerprint density at radius 1 is 1.45 bits per heavy atom. The molecule has 2 rings (SSSR count). The van der Waals surface area contributed by atoms with Crippen molar-refractivity contribution in [1.29, 1.82) is 0 Å². The SMILES string of the molecule is CN=C(NCC(OC)c1ccccc1Cl)NC1CC1.I. The maximum absolute atomic E-state index is 6.19. The number of aliphatic imine (C=N–C) groups is 1. The summed E-state index contributed by atoms with van der Waals surface area (Å²) in [5.74, 6) is 0.816. The molecule has 0 aliphatic heterocycles. The summed E-state index contributed by atoms with van der Waals surface area (Å²) in [6.45, 7) is 0.632. The van der Waals surface area contributed by atoms with E-state index in [0.29, 0.717) is 12.6 Å². The van der Waals surface area contributed by atoms with Crippen molar-refractivity contribution in [1.82, 2.24) is 10.6 Å². The van der Waals surface area contributed by atoms with Crippen molar-refractivity contribution in [2.24, 2.45) is 4.99 Å². The molecule has 0 heterocycles. The van der Waals surface area contributed by atoms with Gasteiger partial charge in [-0.25, -0.2) is 0 Å². The van der Waals surface area contributed by atoms with E-state index in [0.717, 1.165) is 16.5 Å². The normalized spacial score (nSPS) is 16.2. The van der Waals surface area contributed by atoms with E-state index in [4.69, 9.17) is 16.3 Å². The topological polar surface area (TPSA) is 45.7 Å². The molecule has 4 nitrogen and oxygen atoms in total. The van der Waals surface area contributed by atoms with Crippen LogP contribution in [0.5, 0.6) is 0 Å². The van der Waals surface area contributed by atoms with E-state index < -0.39 is 0 Å². The molecule has 112 valence electrons. The second-order valence-corrected chi connectivity index (χ2v) is 5.02. The highest BCUT2D eigenvalue weighted by Crippen LogP contribution is 2.24. The summed E-state index contributed by atoms with van der Waals surface area (Å²) in [4.78, 5) is 4.20. The van der Waals surface area contributed by atoms with Crippen LogP contribution in [0.15, 0.2) is 29.3 Å². The molecule has 6 heteroatoms. The zero-order valence-corrected chi connectivity index (χ0v) is 14.8. The first-order chi connectivity index (χ1) is 9.24. The molecule has 0 saturated heterocycles. The van der Waals surface area contributed by atoms with Crippen molar-refractivity contribution < 1.29 is 4.74 Å². The molecule has 1 saturated carbocycles. The molecule has 0 spiro atoms. The Labute approximate surface area is 142 Å². The van der Waals surface area contributed by atoms with E-state index in [-0.39, 0.29) is 30.1 Å². The Hall–Kier alpha value is -0.530. The highest BCUT2D eigenvalue weighted by atomic mass is 127. The summed E-state index contributed by atoms with van der Waals surface area (Å²) in [5, 5.41) is 7.33. The van der Waals surface area contributed by atoms with Crippen LogP contribution in [0.25, 0.3) is 0 Å². The number of guanidine groups is 1. The number of hydrogen-bond donors (Lipinski definition) is 2. The van der Waals surface area contributed by atoms with Crippen LogP contribution in [-0.2, 0) is 4.74 Å². The molecule has 1 aromatic rings. The highest BCUT2D eigenvalue weighted by Gasteiger charge is 2.22. The van der Waals surface area contributed by atoms with Gasteiger partial charge >= 0.3 is 0 Å². The van der Waals surface area contributed by atoms with Crippen LogP contribution < -0.4 is 10.6 Å². The molecule has 0 bridgehead atoms. The molecule has 20 heavy (non-hydrogen) atoms. The lowest BCUT2D eigenvalue weighted by atomic mass is 10.1. The van der Waals surface area contributed by atoms with Gasteiger partial charge < -0.3 is 15.4 Å². The van der Waals surface area contributed by atoms with Crippen LogP contribution in [0.2, 0.25) is 5.02 Å². The van der Waals surface area contributed by atoms with Crippen LogP contribution in [0.3, 0.4) is 0 Å². The summed E-state index contributed by atoms with van der Waals surface area (Å²) < 4.78 is 5.50. The van der Waals surface area contributed by atoms with Crippen LogP contribution in [0, 0.1) is 0 Å². The average molecular weight is 410 g/mol. The van der Waals surface area contributed by atoms with Gasteiger partial charge in [0.05, 0.1) is 0 Å². The van der Waals surface area contributed by atoms with Gasteiger partial charge in [-0.2, -0.15) is 0 Å². The molecule has 1 fully saturated rings. The fraction of sp³-hybridized carbons (Fsp3) is 0.500. The van der Waals surface area contributed by atoms with Crippen molar-refractivity contribution in [3.63, 3.8) is 0 Å². The first-order valence-electron chi connectivity index (χ1n) is 6.49. The standard InChI is InChI=1S/C14H20ClN3O.HI/c1-16-14(18-10-7-8-10)17-9-13(19-2)11-5-3-4-6-12(11)15;/h3-6,10,13H,7-9H2,1-2H3,(H2,16,17,18);1H. The lowest BCUT2D eigenvalue weighted by Crippen LogP contribution is -2.40. The largest absolute Gasteiger partial charge is 0.375 e. The Bertz CT molecular complexity index is 452. The predicted molar refractivity (Wildman–Crippen MR) is 94.1 cm³/mol. The van der Waals surface area contributed by atoms with Gasteiger partial charge in [0.1, 0.15) is 6.10 Å². The van der Waals surface area contributed by atoms with E-state index in [2.05, 4.69) is 15.6 Å². The van der Waals surface area contributed by atoms with Gasteiger partial charge in [-0.3, -0.25) is 4.99 Å². The Morgan fingerprint density at radius 2 is 2.15 bits per heavy atom. The summed E-state index contributed by atoms with van der Waals surface area (Å²) in [5.41, 5.74) is 0.987. The van der Waals surface area contributed by atoms with Gasteiger partial charge in [0.2, 0.25) is 0 Å². The molecule has 0 amide bonds. The fourth-order valence-electron chi connectivity index (χ4n) is 1.86. The molecule has 1 aliphatic carbocycles. The quantitative estimate of drug-likeness (QED) is 0.446. The number of ether oxygens (including phenoxy) is 1. The maximum Gasteiger partial charge on any atom is 0.191 e. The van der Waals surface area contributed by atoms with E-state index >= 15 is 0 Å². The monoisotopic (exact) mass is 409 g/mol. The third-order valence-electron chi connectivity index (χ3n) is 3.13. The van der Waals surface area contributed by atoms with E-state index in [1.54, 1.807) is 14.2 Å². The van der Waals surface area contributed by atoms with Crippen LogP contribution in [-0.4, -0.2) is 32.7 Å². The Balaban J connectivity index is 0.00000200. The van der Waals surface area contributed by atoms with Gasteiger partial charge in [0.15, 0.2) is 5.96 Å². The molecular weight excluding hydrogens is 389 g/mol. The number of hydrogen-bond acceptors (Lipinski definition) is 2. The van der Waals surface area contributed by atoms with Gasteiger partial charge in [0.25, 0.3) is 0 Å². The summed E-state index contributed by atoms with van der Waals surface area (Å²) in [6, 6.07) is 8.31. The van der Waals surface area contributed by atoms with Crippen molar-refractivity contribution >= 4 is 41.5 Å². The molecule has 1 aromatic carbocycles. The number of halogens is 2.